The van der Waals surface area contributed by atoms with Crippen molar-refractivity contribution in [1.82, 2.24) is 0 Å². The monoisotopic (exact) mass is 374 g/mol. The van der Waals surface area contributed by atoms with Crippen molar-refractivity contribution in [2.24, 2.45) is 4.99 Å². The fraction of sp³-hybridized carbons (Fsp3) is 0.304. The SMILES string of the molecule is CC(C)(C)OC(=O)Cc1ccc2c(c1)CC(=O)CC(c1cccc(C#N)c1)=N2. The minimum atomic E-state index is -0.532. The zero-order valence-electron chi connectivity index (χ0n) is 16.3. The van der Waals surface area contributed by atoms with E-state index in [0.29, 0.717) is 11.3 Å². The van der Waals surface area contributed by atoms with E-state index >= 15 is 0 Å². The highest BCUT2D eigenvalue weighted by atomic mass is 16.6. The molecule has 0 amide bonds. The second-order valence-corrected chi connectivity index (χ2v) is 7.87. The summed E-state index contributed by atoms with van der Waals surface area (Å²) < 4.78 is 5.37. The highest BCUT2D eigenvalue weighted by molar-refractivity contribution is 6.13. The largest absolute Gasteiger partial charge is 0.460 e. The fourth-order valence-corrected chi connectivity index (χ4v) is 3.13. The predicted octanol–water partition coefficient (Wildman–Crippen LogP) is 4.08. The van der Waals surface area contributed by atoms with Crippen LogP contribution < -0.4 is 0 Å². The van der Waals surface area contributed by atoms with Crippen LogP contribution in [-0.4, -0.2) is 23.1 Å². The minimum absolute atomic E-state index is 0.0503. The van der Waals surface area contributed by atoms with Crippen molar-refractivity contribution < 1.29 is 14.3 Å². The molecule has 3 rings (SSSR count). The lowest BCUT2D eigenvalue weighted by Crippen LogP contribution is -2.24. The Bertz CT molecular complexity index is 1010. The molecule has 0 radical (unpaired) electrons. The molecule has 0 unspecified atom stereocenters. The van der Waals surface area contributed by atoms with Crippen LogP contribution in [-0.2, 0) is 27.2 Å². The number of ketones is 1. The van der Waals surface area contributed by atoms with Gasteiger partial charge in [-0.1, -0.05) is 24.3 Å². The normalized spacial score (nSPS) is 13.8. The van der Waals surface area contributed by atoms with Gasteiger partial charge >= 0.3 is 5.97 Å². The number of ether oxygens (including phenoxy) is 1. The molecular weight excluding hydrogens is 352 g/mol. The van der Waals surface area contributed by atoms with Gasteiger partial charge in [0.2, 0.25) is 0 Å². The predicted molar refractivity (Wildman–Crippen MR) is 107 cm³/mol. The lowest BCUT2D eigenvalue weighted by molar-refractivity contribution is -0.153. The van der Waals surface area contributed by atoms with E-state index in [0.717, 1.165) is 22.4 Å². The Labute approximate surface area is 164 Å². The van der Waals surface area contributed by atoms with E-state index in [-0.39, 0.29) is 31.0 Å². The number of aliphatic imine (C=N–C) groups is 1. The first kappa shape index (κ1) is 19.5. The molecule has 5 nitrogen and oxygen atoms in total. The van der Waals surface area contributed by atoms with Crippen molar-refractivity contribution in [3.05, 3.63) is 64.7 Å². The van der Waals surface area contributed by atoms with Gasteiger partial charge in [-0.15, -0.1) is 0 Å². The quantitative estimate of drug-likeness (QED) is 0.758. The Balaban J connectivity index is 1.90. The van der Waals surface area contributed by atoms with Gasteiger partial charge in [0.1, 0.15) is 11.4 Å². The summed E-state index contributed by atoms with van der Waals surface area (Å²) in [6.07, 6.45) is 0.632. The van der Waals surface area contributed by atoms with Gasteiger partial charge in [-0.25, -0.2) is 0 Å². The van der Waals surface area contributed by atoms with Crippen LogP contribution in [0.3, 0.4) is 0 Å². The Morgan fingerprint density at radius 1 is 1.18 bits per heavy atom. The highest BCUT2D eigenvalue weighted by Gasteiger charge is 2.20. The molecule has 2 aromatic rings. The maximum atomic E-state index is 12.5. The molecule has 5 heteroatoms. The van der Waals surface area contributed by atoms with Gasteiger partial charge in [-0.05, 0) is 55.7 Å². The number of rotatable bonds is 3. The summed E-state index contributed by atoms with van der Waals surface area (Å²) in [6.45, 7) is 5.49. The van der Waals surface area contributed by atoms with E-state index in [2.05, 4.69) is 11.1 Å². The summed E-state index contributed by atoms with van der Waals surface area (Å²) in [5.74, 6) is -0.251. The van der Waals surface area contributed by atoms with Crippen LogP contribution >= 0.6 is 0 Å². The topological polar surface area (TPSA) is 79.5 Å². The number of carbonyl (C=O) groups excluding carboxylic acids is 2. The van der Waals surface area contributed by atoms with Gasteiger partial charge in [-0.3, -0.25) is 14.6 Å². The molecule has 0 aliphatic carbocycles. The van der Waals surface area contributed by atoms with Crippen LogP contribution in [0.4, 0.5) is 5.69 Å². The van der Waals surface area contributed by atoms with Crippen molar-refractivity contribution >= 4 is 23.2 Å². The Hall–Kier alpha value is -3.26. The number of esters is 1. The number of nitrogens with zero attached hydrogens (tertiary/aromatic N) is 2. The van der Waals surface area contributed by atoms with Gasteiger partial charge in [0.05, 0.1) is 29.5 Å². The molecule has 0 aromatic heterocycles. The van der Waals surface area contributed by atoms with E-state index < -0.39 is 5.60 Å². The van der Waals surface area contributed by atoms with Crippen LogP contribution in [0.15, 0.2) is 47.5 Å². The molecule has 0 bridgehead atoms. The maximum absolute atomic E-state index is 12.5. The standard InChI is InChI=1S/C23H22N2O3/c1-23(2,3)28-22(27)11-15-7-8-20-18(9-15)12-19(26)13-21(25-20)17-6-4-5-16(10-17)14-24/h4-10H,11-13H2,1-3H3. The molecule has 142 valence electrons. The molecule has 2 aromatic carbocycles. The number of fused-ring (bicyclic) bond motifs is 1. The van der Waals surface area contributed by atoms with Crippen LogP contribution in [0.5, 0.6) is 0 Å². The summed E-state index contributed by atoms with van der Waals surface area (Å²) in [5.41, 5.74) is 3.75. The van der Waals surface area contributed by atoms with E-state index in [1.165, 1.54) is 0 Å². The lowest BCUT2D eigenvalue weighted by Gasteiger charge is -2.19. The summed E-state index contributed by atoms with van der Waals surface area (Å²) in [6, 6.07) is 14.8. The third kappa shape index (κ3) is 4.92. The fourth-order valence-electron chi connectivity index (χ4n) is 3.13. The van der Waals surface area contributed by atoms with E-state index in [4.69, 9.17) is 10.00 Å². The third-order valence-electron chi connectivity index (χ3n) is 4.24. The van der Waals surface area contributed by atoms with Crippen molar-refractivity contribution in [1.29, 1.82) is 5.26 Å². The molecule has 28 heavy (non-hydrogen) atoms. The Kier molecular flexibility index (Phi) is 5.41. The van der Waals surface area contributed by atoms with Gasteiger partial charge in [-0.2, -0.15) is 5.26 Å². The van der Waals surface area contributed by atoms with Crippen molar-refractivity contribution in [2.75, 3.05) is 0 Å². The Morgan fingerprint density at radius 3 is 2.68 bits per heavy atom. The number of benzene rings is 2. The summed E-state index contributed by atoms with van der Waals surface area (Å²) in [4.78, 5) is 29.2. The molecule has 0 saturated heterocycles. The van der Waals surface area contributed by atoms with Gasteiger partial charge in [0, 0.05) is 12.8 Å². The average Bonchev–Trinajstić information content (AvgIpc) is 2.77. The first-order valence-corrected chi connectivity index (χ1v) is 9.17. The van der Waals surface area contributed by atoms with Gasteiger partial charge < -0.3 is 4.74 Å². The highest BCUT2D eigenvalue weighted by Crippen LogP contribution is 2.27. The summed E-state index contributed by atoms with van der Waals surface area (Å²) in [5, 5.41) is 9.10. The molecule has 0 fully saturated rings. The number of hydrogen-bond donors (Lipinski definition) is 0. The molecule has 0 atom stereocenters. The van der Waals surface area contributed by atoms with E-state index in [1.54, 1.807) is 18.2 Å². The first-order chi connectivity index (χ1) is 13.2. The number of nitriles is 1. The Morgan fingerprint density at radius 2 is 1.96 bits per heavy atom. The van der Waals surface area contributed by atoms with E-state index in [1.807, 2.05) is 45.0 Å². The van der Waals surface area contributed by atoms with E-state index in [9.17, 15) is 9.59 Å². The molecule has 1 aliphatic rings. The zero-order valence-corrected chi connectivity index (χ0v) is 16.3. The van der Waals surface area contributed by atoms with Crippen LogP contribution in [0.1, 0.15) is 49.4 Å². The smallest absolute Gasteiger partial charge is 0.310 e. The zero-order chi connectivity index (χ0) is 20.3. The minimum Gasteiger partial charge on any atom is -0.460 e. The average molecular weight is 374 g/mol. The van der Waals surface area contributed by atoms with Crippen molar-refractivity contribution in [3.63, 3.8) is 0 Å². The van der Waals surface area contributed by atoms with Crippen molar-refractivity contribution in [2.45, 2.75) is 45.6 Å². The third-order valence-corrected chi connectivity index (χ3v) is 4.24. The number of carbonyl (C=O) groups is 2. The van der Waals surface area contributed by atoms with Crippen LogP contribution in [0.25, 0.3) is 0 Å². The van der Waals surface area contributed by atoms with Crippen LogP contribution in [0.2, 0.25) is 0 Å². The van der Waals surface area contributed by atoms with Crippen LogP contribution in [0, 0.1) is 11.3 Å². The summed E-state index contributed by atoms with van der Waals surface area (Å²) in [7, 11) is 0. The van der Waals surface area contributed by atoms with Crippen molar-refractivity contribution in [3.8, 4) is 6.07 Å². The maximum Gasteiger partial charge on any atom is 0.310 e. The summed E-state index contributed by atoms with van der Waals surface area (Å²) >= 11 is 0. The second-order valence-electron chi connectivity index (χ2n) is 7.87. The molecule has 0 N–H and O–H groups in total. The molecule has 1 aliphatic heterocycles. The number of Topliss-reactive ketones (excluding diaryl/α,β-unsaturated/α-hetero) is 1. The molecular formula is C23H22N2O3. The first-order valence-electron chi connectivity index (χ1n) is 9.17. The molecule has 0 saturated carbocycles. The van der Waals surface area contributed by atoms with Gasteiger partial charge in [0.15, 0.2) is 0 Å². The molecule has 0 spiro atoms. The van der Waals surface area contributed by atoms with Gasteiger partial charge in [0.25, 0.3) is 0 Å². The lowest BCUT2D eigenvalue weighted by atomic mass is 10.00. The second kappa shape index (κ2) is 7.77. The number of hydrogen-bond acceptors (Lipinski definition) is 5. The molecule has 1 heterocycles.